The summed E-state index contributed by atoms with van der Waals surface area (Å²) in [5.41, 5.74) is 0.564. The van der Waals surface area contributed by atoms with Crippen LogP contribution in [0.25, 0.3) is 11.2 Å². The number of anilines is 1. The number of imidazole rings is 1. The molecule has 2 aromatic heterocycles. The number of aromatic nitrogens is 3. The van der Waals surface area contributed by atoms with Crippen molar-refractivity contribution >= 4 is 22.8 Å². The zero-order valence-electron chi connectivity index (χ0n) is 14.2. The van der Waals surface area contributed by atoms with Crippen LogP contribution < -0.4 is 5.32 Å². The predicted octanol–water partition coefficient (Wildman–Crippen LogP) is 1.00. The quantitative estimate of drug-likeness (QED) is 0.760. The third kappa shape index (κ3) is 3.10. The van der Waals surface area contributed by atoms with Gasteiger partial charge in [0.15, 0.2) is 18.0 Å². The van der Waals surface area contributed by atoms with E-state index in [0.29, 0.717) is 16.9 Å². The Bertz CT molecular complexity index is 788. The van der Waals surface area contributed by atoms with Crippen LogP contribution >= 0.6 is 0 Å². The summed E-state index contributed by atoms with van der Waals surface area (Å²) in [5, 5.41) is 21.7. The molecule has 1 fully saturated rings. The van der Waals surface area contributed by atoms with Crippen LogP contribution in [0.3, 0.4) is 0 Å². The van der Waals surface area contributed by atoms with Crippen LogP contribution in [0, 0.1) is 5.41 Å². The minimum absolute atomic E-state index is 0.189. The third-order valence-corrected chi connectivity index (χ3v) is 4.14. The smallest absolute Gasteiger partial charge is 0.229 e. The van der Waals surface area contributed by atoms with Gasteiger partial charge in [-0.05, 0) is 6.07 Å². The van der Waals surface area contributed by atoms with Gasteiger partial charge in [0, 0.05) is 11.6 Å². The molecule has 3 heterocycles. The van der Waals surface area contributed by atoms with Crippen molar-refractivity contribution in [3.63, 3.8) is 0 Å². The summed E-state index contributed by atoms with van der Waals surface area (Å²) < 4.78 is 21.1. The zero-order chi connectivity index (χ0) is 18.4. The molecule has 0 spiro atoms. The van der Waals surface area contributed by atoms with Gasteiger partial charge in [0.05, 0.1) is 18.6 Å². The lowest BCUT2D eigenvalue weighted by atomic mass is 9.95. The molecule has 3 rings (SSSR count). The maximum absolute atomic E-state index is 14.3. The Morgan fingerprint density at radius 3 is 2.76 bits per heavy atom. The molecule has 1 saturated heterocycles. The van der Waals surface area contributed by atoms with E-state index in [4.69, 9.17) is 9.84 Å². The minimum atomic E-state index is -1.73. The first kappa shape index (κ1) is 17.7. The Labute approximate surface area is 143 Å². The summed E-state index contributed by atoms with van der Waals surface area (Å²) >= 11 is 0. The number of aliphatic hydroxyl groups excluding tert-OH is 2. The molecule has 1 amide bonds. The van der Waals surface area contributed by atoms with Gasteiger partial charge < -0.3 is 20.3 Å². The lowest BCUT2D eigenvalue weighted by Crippen LogP contribution is -2.30. The standard InChI is InChI=1S/C16H21FN4O4/c1-16(2,3)15(24)20-8-4-5-18-13-11(8)19-7-21(13)14-10(17)12(23)9(6-22)25-14/h4-5,7,9-10,12,14,22-23H,6H2,1-3H3,(H,18,20,24)/t9-,10+,12?,14-/m1/s1. The molecule has 3 N–H and O–H groups in total. The lowest BCUT2D eigenvalue weighted by molar-refractivity contribution is -0.123. The van der Waals surface area contributed by atoms with Crippen LogP contribution in [0.15, 0.2) is 18.6 Å². The second-order valence-corrected chi connectivity index (χ2v) is 7.07. The van der Waals surface area contributed by atoms with Gasteiger partial charge in [-0.1, -0.05) is 20.8 Å². The van der Waals surface area contributed by atoms with E-state index in [9.17, 15) is 14.3 Å². The number of pyridine rings is 1. The van der Waals surface area contributed by atoms with Crippen LogP contribution in [0.1, 0.15) is 27.0 Å². The highest BCUT2D eigenvalue weighted by molar-refractivity contribution is 6.00. The molecule has 0 aromatic carbocycles. The number of nitrogens with one attached hydrogen (secondary N) is 1. The molecular formula is C16H21FN4O4. The molecule has 0 radical (unpaired) electrons. The largest absolute Gasteiger partial charge is 0.394 e. The van der Waals surface area contributed by atoms with Gasteiger partial charge in [-0.25, -0.2) is 14.4 Å². The maximum Gasteiger partial charge on any atom is 0.229 e. The van der Waals surface area contributed by atoms with Gasteiger partial charge in [0.2, 0.25) is 5.91 Å². The molecule has 4 atom stereocenters. The second-order valence-electron chi connectivity index (χ2n) is 7.07. The molecule has 9 heteroatoms. The zero-order valence-corrected chi connectivity index (χ0v) is 14.2. The van der Waals surface area contributed by atoms with Crippen LogP contribution in [0.5, 0.6) is 0 Å². The van der Waals surface area contributed by atoms with Crippen molar-refractivity contribution in [3.05, 3.63) is 18.6 Å². The number of halogens is 1. The Morgan fingerprint density at radius 2 is 2.16 bits per heavy atom. The Kier molecular flexibility index (Phi) is 4.48. The van der Waals surface area contributed by atoms with Gasteiger partial charge in [-0.15, -0.1) is 0 Å². The molecule has 2 aromatic rings. The highest BCUT2D eigenvalue weighted by Crippen LogP contribution is 2.34. The molecule has 136 valence electrons. The van der Waals surface area contributed by atoms with E-state index in [2.05, 4.69) is 15.3 Å². The van der Waals surface area contributed by atoms with Crippen molar-refractivity contribution in [2.24, 2.45) is 5.41 Å². The number of carbonyl (C=O) groups excluding carboxylic acids is 1. The van der Waals surface area contributed by atoms with Crippen molar-refractivity contribution < 1.29 is 24.1 Å². The first-order valence-corrected chi connectivity index (χ1v) is 7.95. The SMILES string of the molecule is CC(C)(C)C(=O)Nc1ccnc2c1ncn2[C@@H]1O[C@H](CO)C(O)[C@@H]1F. The second kappa shape index (κ2) is 6.32. The Balaban J connectivity index is 1.95. The first-order valence-electron chi connectivity index (χ1n) is 7.95. The summed E-state index contributed by atoms with van der Waals surface area (Å²) in [7, 11) is 0. The summed E-state index contributed by atoms with van der Waals surface area (Å²) in [5.74, 6) is -0.189. The number of aliphatic hydroxyl groups is 2. The molecule has 8 nitrogen and oxygen atoms in total. The molecule has 1 aliphatic heterocycles. The highest BCUT2D eigenvalue weighted by Gasteiger charge is 2.45. The normalized spacial score (nSPS) is 27.0. The van der Waals surface area contributed by atoms with E-state index in [-0.39, 0.29) is 5.91 Å². The first-order chi connectivity index (χ1) is 11.7. The third-order valence-electron chi connectivity index (χ3n) is 4.14. The fraction of sp³-hybridized carbons (Fsp3) is 0.562. The van der Waals surface area contributed by atoms with Crippen molar-refractivity contribution in [1.29, 1.82) is 0 Å². The predicted molar refractivity (Wildman–Crippen MR) is 87.5 cm³/mol. The van der Waals surface area contributed by atoms with Crippen molar-refractivity contribution in [3.8, 4) is 0 Å². The minimum Gasteiger partial charge on any atom is -0.394 e. The number of hydrogen-bond acceptors (Lipinski definition) is 6. The van der Waals surface area contributed by atoms with Gasteiger partial charge >= 0.3 is 0 Å². The number of ether oxygens (including phenoxy) is 1. The molecule has 0 saturated carbocycles. The summed E-state index contributed by atoms with van der Waals surface area (Å²) in [6.45, 7) is 4.87. The molecular weight excluding hydrogens is 331 g/mol. The van der Waals surface area contributed by atoms with Gasteiger partial charge in [0.1, 0.15) is 17.7 Å². The number of alkyl halides is 1. The van der Waals surface area contributed by atoms with E-state index >= 15 is 0 Å². The average Bonchev–Trinajstić information content (AvgIpc) is 3.09. The summed E-state index contributed by atoms with van der Waals surface area (Å²) in [4.78, 5) is 20.6. The average molecular weight is 352 g/mol. The molecule has 0 bridgehead atoms. The van der Waals surface area contributed by atoms with Crippen LogP contribution in [0.2, 0.25) is 0 Å². The van der Waals surface area contributed by atoms with Crippen molar-refractivity contribution in [2.75, 3.05) is 11.9 Å². The Hall–Kier alpha value is -2.10. The molecule has 0 aliphatic carbocycles. The fourth-order valence-electron chi connectivity index (χ4n) is 2.61. The topological polar surface area (TPSA) is 110 Å². The van der Waals surface area contributed by atoms with Crippen LogP contribution in [0.4, 0.5) is 10.1 Å². The van der Waals surface area contributed by atoms with E-state index in [1.165, 1.54) is 17.1 Å². The lowest BCUT2D eigenvalue weighted by Gasteiger charge is -2.18. The van der Waals surface area contributed by atoms with E-state index < -0.39 is 36.6 Å². The number of amides is 1. The van der Waals surface area contributed by atoms with Crippen molar-refractivity contribution in [1.82, 2.24) is 14.5 Å². The Morgan fingerprint density at radius 1 is 1.44 bits per heavy atom. The van der Waals surface area contributed by atoms with Crippen LogP contribution in [-0.4, -0.2) is 55.6 Å². The van der Waals surface area contributed by atoms with Gasteiger partial charge in [-0.3, -0.25) is 9.36 Å². The van der Waals surface area contributed by atoms with E-state index in [0.717, 1.165) is 0 Å². The van der Waals surface area contributed by atoms with Gasteiger partial charge in [-0.2, -0.15) is 0 Å². The number of carbonyl (C=O) groups is 1. The maximum atomic E-state index is 14.3. The van der Waals surface area contributed by atoms with Crippen LogP contribution in [-0.2, 0) is 9.53 Å². The number of hydrogen-bond donors (Lipinski definition) is 3. The summed E-state index contributed by atoms with van der Waals surface area (Å²) in [6.07, 6.45) is -2.52. The molecule has 1 unspecified atom stereocenters. The summed E-state index contributed by atoms with van der Waals surface area (Å²) in [6, 6.07) is 1.61. The number of fused-ring (bicyclic) bond motifs is 1. The number of rotatable bonds is 3. The highest BCUT2D eigenvalue weighted by atomic mass is 19.1. The molecule has 1 aliphatic rings. The molecule has 25 heavy (non-hydrogen) atoms. The van der Waals surface area contributed by atoms with E-state index in [1.807, 2.05) is 0 Å². The monoisotopic (exact) mass is 352 g/mol. The number of nitrogens with zero attached hydrogens (tertiary/aromatic N) is 3. The van der Waals surface area contributed by atoms with Gasteiger partial charge in [0.25, 0.3) is 0 Å². The van der Waals surface area contributed by atoms with E-state index in [1.54, 1.807) is 26.8 Å². The fourth-order valence-corrected chi connectivity index (χ4v) is 2.61. The van der Waals surface area contributed by atoms with Crippen molar-refractivity contribution in [2.45, 2.75) is 45.4 Å².